The summed E-state index contributed by atoms with van der Waals surface area (Å²) in [7, 11) is 1.19. The molecule has 2 aliphatic rings. The van der Waals surface area contributed by atoms with E-state index < -0.39 is 11.6 Å². The molecule has 0 amide bonds. The van der Waals surface area contributed by atoms with Crippen LogP contribution in [0, 0.1) is 5.92 Å². The maximum absolute atomic E-state index is 14.4. The minimum Gasteiger partial charge on any atom is -0.466 e. The Labute approximate surface area is 135 Å². The third kappa shape index (κ3) is 3.26. The normalized spacial score (nSPS) is 25.4. The highest BCUT2D eigenvalue weighted by atomic mass is 19.1. The Bertz CT molecular complexity index is 561. The summed E-state index contributed by atoms with van der Waals surface area (Å²) in [6, 6.07) is 7.11. The van der Waals surface area contributed by atoms with Gasteiger partial charge in [0.1, 0.15) is 0 Å². The first-order valence-corrected chi connectivity index (χ1v) is 8.10. The van der Waals surface area contributed by atoms with Crippen molar-refractivity contribution in [3.63, 3.8) is 0 Å². The number of hydrogen-bond donors (Lipinski definition) is 0. The van der Waals surface area contributed by atoms with Crippen LogP contribution in [0.15, 0.2) is 24.3 Å². The van der Waals surface area contributed by atoms with Crippen molar-refractivity contribution < 1.29 is 23.4 Å². The molecule has 1 saturated heterocycles. The molecule has 0 N–H and O–H groups in total. The van der Waals surface area contributed by atoms with Gasteiger partial charge in [-0.2, -0.15) is 0 Å². The molecule has 1 aromatic rings. The van der Waals surface area contributed by atoms with E-state index in [4.69, 9.17) is 9.47 Å². The number of halogens is 1. The fourth-order valence-electron chi connectivity index (χ4n) is 3.60. The van der Waals surface area contributed by atoms with Crippen molar-refractivity contribution in [2.75, 3.05) is 20.3 Å². The SMILES string of the molecule is COC(=O)C(C)(F)c1ccc(CC2CCC3(C2)OCCO3)cc1. The molecule has 1 aromatic carbocycles. The summed E-state index contributed by atoms with van der Waals surface area (Å²) < 4.78 is 30.5. The van der Waals surface area contributed by atoms with Gasteiger partial charge in [0.05, 0.1) is 20.3 Å². The van der Waals surface area contributed by atoms with Gasteiger partial charge in [-0.1, -0.05) is 24.3 Å². The molecule has 1 saturated carbocycles. The van der Waals surface area contributed by atoms with Gasteiger partial charge in [-0.05, 0) is 31.2 Å². The number of ether oxygens (including phenoxy) is 3. The molecule has 5 heteroatoms. The Morgan fingerprint density at radius 3 is 2.61 bits per heavy atom. The maximum atomic E-state index is 14.4. The van der Waals surface area contributed by atoms with Crippen LogP contribution in [-0.2, 0) is 31.1 Å². The number of benzene rings is 1. The lowest BCUT2D eigenvalue weighted by molar-refractivity contribution is -0.154. The number of carbonyl (C=O) groups is 1. The van der Waals surface area contributed by atoms with E-state index in [-0.39, 0.29) is 5.79 Å². The Morgan fingerprint density at radius 1 is 1.35 bits per heavy atom. The highest BCUT2D eigenvalue weighted by molar-refractivity contribution is 5.80. The monoisotopic (exact) mass is 322 g/mol. The van der Waals surface area contributed by atoms with Crippen LogP contribution in [0.4, 0.5) is 4.39 Å². The fourth-order valence-corrected chi connectivity index (χ4v) is 3.60. The third-order valence-electron chi connectivity index (χ3n) is 4.94. The Morgan fingerprint density at radius 2 is 2.00 bits per heavy atom. The average molecular weight is 322 g/mol. The van der Waals surface area contributed by atoms with Crippen LogP contribution in [-0.4, -0.2) is 32.1 Å². The zero-order valence-electron chi connectivity index (χ0n) is 13.6. The molecule has 0 radical (unpaired) electrons. The van der Waals surface area contributed by atoms with Crippen molar-refractivity contribution in [3.8, 4) is 0 Å². The number of carbonyl (C=O) groups excluding carboxylic acids is 1. The highest BCUT2D eigenvalue weighted by Gasteiger charge is 2.43. The highest BCUT2D eigenvalue weighted by Crippen LogP contribution is 2.42. The average Bonchev–Trinajstić information content (AvgIpc) is 3.17. The van der Waals surface area contributed by atoms with Gasteiger partial charge in [-0.3, -0.25) is 0 Å². The molecule has 1 aliphatic heterocycles. The van der Waals surface area contributed by atoms with E-state index in [0.717, 1.165) is 31.2 Å². The van der Waals surface area contributed by atoms with Gasteiger partial charge >= 0.3 is 5.97 Å². The number of methoxy groups -OCH3 is 1. The topological polar surface area (TPSA) is 44.8 Å². The minimum atomic E-state index is -2.11. The molecule has 1 aliphatic carbocycles. The molecule has 0 aromatic heterocycles. The van der Waals surface area contributed by atoms with Crippen molar-refractivity contribution in [2.24, 2.45) is 5.92 Å². The first-order chi connectivity index (χ1) is 11.0. The first kappa shape index (κ1) is 16.4. The van der Waals surface area contributed by atoms with E-state index in [1.165, 1.54) is 14.0 Å². The second-order valence-corrected chi connectivity index (χ2v) is 6.61. The predicted molar refractivity (Wildman–Crippen MR) is 82.6 cm³/mol. The van der Waals surface area contributed by atoms with Crippen LogP contribution in [0.25, 0.3) is 0 Å². The summed E-state index contributed by atoms with van der Waals surface area (Å²) in [5.74, 6) is -0.720. The van der Waals surface area contributed by atoms with E-state index in [1.54, 1.807) is 12.1 Å². The van der Waals surface area contributed by atoms with E-state index in [1.807, 2.05) is 12.1 Å². The van der Waals surface area contributed by atoms with E-state index in [9.17, 15) is 9.18 Å². The molecule has 1 heterocycles. The lowest BCUT2D eigenvalue weighted by Crippen LogP contribution is -2.28. The second kappa shape index (κ2) is 6.21. The zero-order chi connectivity index (χ0) is 16.5. The molecule has 3 rings (SSSR count). The number of hydrogen-bond acceptors (Lipinski definition) is 4. The van der Waals surface area contributed by atoms with Crippen molar-refractivity contribution in [1.82, 2.24) is 0 Å². The van der Waals surface area contributed by atoms with Crippen LogP contribution in [0.5, 0.6) is 0 Å². The Hall–Kier alpha value is -1.46. The van der Waals surface area contributed by atoms with Gasteiger partial charge in [0.2, 0.25) is 5.67 Å². The molecule has 23 heavy (non-hydrogen) atoms. The summed E-state index contributed by atoms with van der Waals surface area (Å²) in [6.45, 7) is 2.59. The van der Waals surface area contributed by atoms with Gasteiger partial charge in [0.15, 0.2) is 5.79 Å². The molecular formula is C18H23FO4. The minimum absolute atomic E-state index is 0.318. The van der Waals surface area contributed by atoms with Crippen LogP contribution in [0.1, 0.15) is 37.3 Å². The second-order valence-electron chi connectivity index (χ2n) is 6.61. The van der Waals surface area contributed by atoms with Crippen LogP contribution in [0.3, 0.4) is 0 Å². The lowest BCUT2D eigenvalue weighted by atomic mass is 9.93. The number of alkyl halides is 1. The molecular weight excluding hydrogens is 299 g/mol. The summed E-state index contributed by atoms with van der Waals surface area (Å²) in [5, 5.41) is 0. The van der Waals surface area contributed by atoms with Gasteiger partial charge in [0, 0.05) is 18.4 Å². The van der Waals surface area contributed by atoms with Crippen molar-refractivity contribution in [3.05, 3.63) is 35.4 Å². The molecule has 126 valence electrons. The van der Waals surface area contributed by atoms with E-state index in [0.29, 0.717) is 24.7 Å². The maximum Gasteiger partial charge on any atom is 0.348 e. The van der Waals surface area contributed by atoms with Crippen LogP contribution < -0.4 is 0 Å². The van der Waals surface area contributed by atoms with E-state index in [2.05, 4.69) is 4.74 Å². The zero-order valence-corrected chi connectivity index (χ0v) is 13.6. The first-order valence-electron chi connectivity index (χ1n) is 8.10. The van der Waals surface area contributed by atoms with Crippen LogP contribution in [0.2, 0.25) is 0 Å². The summed E-state index contributed by atoms with van der Waals surface area (Å²) >= 11 is 0. The van der Waals surface area contributed by atoms with Gasteiger partial charge in [-0.15, -0.1) is 0 Å². The Balaban J connectivity index is 1.63. The molecule has 2 atom stereocenters. The number of rotatable bonds is 4. The molecule has 1 spiro atoms. The number of esters is 1. The Kier molecular flexibility index (Phi) is 4.43. The van der Waals surface area contributed by atoms with Crippen LogP contribution >= 0.6 is 0 Å². The summed E-state index contributed by atoms with van der Waals surface area (Å²) in [4.78, 5) is 11.5. The predicted octanol–water partition coefficient (Wildman–Crippen LogP) is 3.13. The van der Waals surface area contributed by atoms with E-state index >= 15 is 0 Å². The van der Waals surface area contributed by atoms with Gasteiger partial charge < -0.3 is 14.2 Å². The molecule has 0 bridgehead atoms. The molecule has 2 fully saturated rings. The summed E-state index contributed by atoms with van der Waals surface area (Å²) in [6.07, 6.45) is 3.85. The largest absolute Gasteiger partial charge is 0.466 e. The van der Waals surface area contributed by atoms with Gasteiger partial charge in [-0.25, -0.2) is 9.18 Å². The lowest BCUT2D eigenvalue weighted by Gasteiger charge is -2.21. The fraction of sp³-hybridized carbons (Fsp3) is 0.611. The smallest absolute Gasteiger partial charge is 0.348 e. The van der Waals surface area contributed by atoms with Gasteiger partial charge in [0.25, 0.3) is 0 Å². The van der Waals surface area contributed by atoms with Crippen molar-refractivity contribution in [2.45, 2.75) is 44.1 Å². The van der Waals surface area contributed by atoms with Crippen molar-refractivity contribution in [1.29, 1.82) is 0 Å². The molecule has 2 unspecified atom stereocenters. The van der Waals surface area contributed by atoms with Crippen molar-refractivity contribution >= 4 is 5.97 Å². The molecule has 4 nitrogen and oxygen atoms in total. The summed E-state index contributed by atoms with van der Waals surface area (Å²) in [5.41, 5.74) is -0.663. The quantitative estimate of drug-likeness (QED) is 0.799. The standard InChI is InChI=1S/C18H23FO4/c1-17(19,16(20)21-2)15-5-3-13(4-6-15)11-14-7-8-18(12-14)22-9-10-23-18/h3-6,14H,7-12H2,1-2H3. The third-order valence-corrected chi connectivity index (χ3v) is 4.94.